The van der Waals surface area contributed by atoms with Crippen LogP contribution in [0.2, 0.25) is 0 Å². The normalized spacial score (nSPS) is 32.0. The van der Waals surface area contributed by atoms with E-state index >= 15 is 0 Å². The van der Waals surface area contributed by atoms with Gasteiger partial charge in [-0.05, 0) is 25.8 Å². The van der Waals surface area contributed by atoms with Gasteiger partial charge < -0.3 is 4.74 Å². The highest BCUT2D eigenvalue weighted by atomic mass is 16.6. The molecule has 1 aliphatic carbocycles. The van der Waals surface area contributed by atoms with Crippen molar-refractivity contribution in [1.82, 2.24) is 0 Å². The zero-order chi connectivity index (χ0) is 9.42. The van der Waals surface area contributed by atoms with Gasteiger partial charge in [-0.2, -0.15) is 0 Å². The number of carbonyl (C=O) groups excluding carboxylic acids is 1. The Labute approximate surface area is 78.3 Å². The standard InChI is InChI=1S/C11H14O2/c1-3-4-5-8-7(2)6-9-10(8)11(12)13-9/h3-4,9-10H,5-6H2,1-2H3/b4-3+/t9-,10+/m0/s1. The van der Waals surface area contributed by atoms with E-state index in [4.69, 9.17) is 4.74 Å². The Hall–Kier alpha value is -1.05. The highest BCUT2D eigenvalue weighted by molar-refractivity contribution is 5.83. The van der Waals surface area contributed by atoms with Gasteiger partial charge in [-0.3, -0.25) is 4.79 Å². The number of esters is 1. The summed E-state index contributed by atoms with van der Waals surface area (Å²) in [4.78, 5) is 11.2. The molecule has 0 unspecified atom stereocenters. The fourth-order valence-corrected chi connectivity index (χ4v) is 2.14. The Bertz CT molecular complexity index is 299. The van der Waals surface area contributed by atoms with Crippen molar-refractivity contribution in [2.75, 3.05) is 0 Å². The number of allylic oxidation sites excluding steroid dienone is 2. The number of hydrogen-bond donors (Lipinski definition) is 0. The Morgan fingerprint density at radius 1 is 1.62 bits per heavy atom. The van der Waals surface area contributed by atoms with E-state index in [-0.39, 0.29) is 18.0 Å². The van der Waals surface area contributed by atoms with Gasteiger partial charge in [0.15, 0.2) is 0 Å². The third kappa shape index (κ3) is 1.21. The first-order valence-electron chi connectivity index (χ1n) is 4.74. The molecule has 2 rings (SSSR count). The van der Waals surface area contributed by atoms with Gasteiger partial charge in [0.2, 0.25) is 0 Å². The van der Waals surface area contributed by atoms with E-state index < -0.39 is 0 Å². The summed E-state index contributed by atoms with van der Waals surface area (Å²) < 4.78 is 5.04. The molecule has 70 valence electrons. The van der Waals surface area contributed by atoms with Gasteiger partial charge in [0.05, 0.1) is 0 Å². The molecule has 0 N–H and O–H groups in total. The molecule has 0 radical (unpaired) electrons. The van der Waals surface area contributed by atoms with Crippen molar-refractivity contribution in [2.24, 2.45) is 5.92 Å². The molecular formula is C11H14O2. The third-order valence-electron chi connectivity index (χ3n) is 2.90. The summed E-state index contributed by atoms with van der Waals surface area (Å²) >= 11 is 0. The molecule has 0 aromatic rings. The Morgan fingerprint density at radius 2 is 2.38 bits per heavy atom. The van der Waals surface area contributed by atoms with Crippen LogP contribution in [0.4, 0.5) is 0 Å². The van der Waals surface area contributed by atoms with Crippen molar-refractivity contribution in [3.05, 3.63) is 23.3 Å². The Morgan fingerprint density at radius 3 is 3.00 bits per heavy atom. The minimum atomic E-state index is -0.0265. The number of ether oxygens (including phenoxy) is 1. The largest absolute Gasteiger partial charge is 0.460 e. The second-order valence-electron chi connectivity index (χ2n) is 3.74. The van der Waals surface area contributed by atoms with Crippen LogP contribution < -0.4 is 0 Å². The summed E-state index contributed by atoms with van der Waals surface area (Å²) in [6, 6.07) is 0. The van der Waals surface area contributed by atoms with Crippen LogP contribution in [0, 0.1) is 5.92 Å². The lowest BCUT2D eigenvalue weighted by Gasteiger charge is -2.31. The molecular weight excluding hydrogens is 164 g/mol. The fraction of sp³-hybridized carbons (Fsp3) is 0.545. The van der Waals surface area contributed by atoms with Crippen LogP contribution in [0.25, 0.3) is 0 Å². The molecule has 0 spiro atoms. The predicted octanol–water partition coefficient (Wildman–Crippen LogP) is 2.21. The van der Waals surface area contributed by atoms with Crippen molar-refractivity contribution >= 4 is 5.97 Å². The van der Waals surface area contributed by atoms with Gasteiger partial charge in [0, 0.05) is 6.42 Å². The van der Waals surface area contributed by atoms with E-state index in [1.165, 1.54) is 11.1 Å². The number of hydrogen-bond acceptors (Lipinski definition) is 2. The molecule has 13 heavy (non-hydrogen) atoms. The minimum Gasteiger partial charge on any atom is -0.460 e. The molecule has 1 saturated heterocycles. The van der Waals surface area contributed by atoms with Crippen molar-refractivity contribution in [2.45, 2.75) is 32.8 Å². The minimum absolute atomic E-state index is 0.0265. The average molecular weight is 178 g/mol. The number of fused-ring (bicyclic) bond motifs is 1. The summed E-state index contributed by atoms with van der Waals surface area (Å²) in [5.41, 5.74) is 2.64. The molecule has 0 aromatic carbocycles. The van der Waals surface area contributed by atoms with E-state index in [1.54, 1.807) is 0 Å². The second-order valence-corrected chi connectivity index (χ2v) is 3.74. The van der Waals surface area contributed by atoms with Crippen LogP contribution in [-0.4, -0.2) is 12.1 Å². The lowest BCUT2D eigenvalue weighted by molar-refractivity contribution is -0.177. The summed E-state index contributed by atoms with van der Waals surface area (Å²) in [7, 11) is 0. The van der Waals surface area contributed by atoms with Crippen LogP contribution in [0.3, 0.4) is 0 Å². The molecule has 0 amide bonds. The highest BCUT2D eigenvalue weighted by Crippen LogP contribution is 2.43. The maximum atomic E-state index is 11.2. The van der Waals surface area contributed by atoms with Crippen molar-refractivity contribution < 1.29 is 9.53 Å². The van der Waals surface area contributed by atoms with E-state index in [2.05, 4.69) is 13.0 Å². The van der Waals surface area contributed by atoms with Crippen LogP contribution in [-0.2, 0) is 9.53 Å². The van der Waals surface area contributed by atoms with E-state index in [1.807, 2.05) is 13.0 Å². The maximum absolute atomic E-state index is 11.2. The third-order valence-corrected chi connectivity index (χ3v) is 2.90. The first-order chi connectivity index (χ1) is 6.24. The average Bonchev–Trinajstić information content (AvgIpc) is 2.34. The molecule has 2 atom stereocenters. The van der Waals surface area contributed by atoms with Crippen molar-refractivity contribution in [3.63, 3.8) is 0 Å². The molecule has 2 aliphatic rings. The Balaban J connectivity index is 2.14. The predicted molar refractivity (Wildman–Crippen MR) is 50.1 cm³/mol. The van der Waals surface area contributed by atoms with Gasteiger partial charge in [0.25, 0.3) is 0 Å². The maximum Gasteiger partial charge on any atom is 0.317 e. The smallest absolute Gasteiger partial charge is 0.317 e. The number of rotatable bonds is 2. The van der Waals surface area contributed by atoms with Crippen molar-refractivity contribution in [3.8, 4) is 0 Å². The molecule has 2 heteroatoms. The van der Waals surface area contributed by atoms with Gasteiger partial charge in [-0.15, -0.1) is 0 Å². The molecule has 1 aliphatic heterocycles. The molecule has 0 saturated carbocycles. The van der Waals surface area contributed by atoms with Crippen molar-refractivity contribution in [1.29, 1.82) is 0 Å². The zero-order valence-electron chi connectivity index (χ0n) is 8.04. The monoisotopic (exact) mass is 178 g/mol. The van der Waals surface area contributed by atoms with Crippen LogP contribution >= 0.6 is 0 Å². The van der Waals surface area contributed by atoms with Gasteiger partial charge in [0.1, 0.15) is 12.0 Å². The zero-order valence-corrected chi connectivity index (χ0v) is 8.04. The Kier molecular flexibility index (Phi) is 1.98. The summed E-state index contributed by atoms with van der Waals surface area (Å²) in [5, 5.41) is 0. The van der Waals surface area contributed by atoms with Gasteiger partial charge in [-0.1, -0.05) is 17.7 Å². The first-order valence-corrected chi connectivity index (χ1v) is 4.74. The van der Waals surface area contributed by atoms with E-state index in [0.717, 1.165) is 12.8 Å². The molecule has 2 nitrogen and oxygen atoms in total. The fourth-order valence-electron chi connectivity index (χ4n) is 2.14. The first kappa shape index (κ1) is 8.54. The molecule has 0 bridgehead atoms. The molecule has 0 aromatic heterocycles. The number of carbonyl (C=O) groups is 1. The molecule has 1 fully saturated rings. The second kappa shape index (κ2) is 3.02. The lowest BCUT2D eigenvalue weighted by atomic mass is 9.92. The van der Waals surface area contributed by atoms with Gasteiger partial charge >= 0.3 is 5.97 Å². The SMILES string of the molecule is C/C=C/CC1=C(C)C[C@@H]2OC(=O)[C@H]12. The quantitative estimate of drug-likeness (QED) is 0.478. The van der Waals surface area contributed by atoms with Gasteiger partial charge in [-0.25, -0.2) is 0 Å². The summed E-state index contributed by atoms with van der Waals surface area (Å²) in [6.07, 6.45) is 6.17. The lowest BCUT2D eigenvalue weighted by Crippen LogP contribution is -2.42. The summed E-state index contributed by atoms with van der Waals surface area (Å²) in [6.45, 7) is 4.11. The highest BCUT2D eigenvalue weighted by Gasteiger charge is 2.48. The van der Waals surface area contributed by atoms with Crippen LogP contribution in [0.15, 0.2) is 23.3 Å². The van der Waals surface area contributed by atoms with Crippen LogP contribution in [0.5, 0.6) is 0 Å². The summed E-state index contributed by atoms with van der Waals surface area (Å²) in [5.74, 6) is 0.0672. The van der Waals surface area contributed by atoms with Crippen LogP contribution in [0.1, 0.15) is 26.7 Å². The van der Waals surface area contributed by atoms with E-state index in [0.29, 0.717) is 0 Å². The van der Waals surface area contributed by atoms with E-state index in [9.17, 15) is 4.79 Å². The molecule has 1 heterocycles. The topological polar surface area (TPSA) is 26.3 Å².